The highest BCUT2D eigenvalue weighted by molar-refractivity contribution is 5.74. The number of nitrogens with one attached hydrogen (secondary N) is 2. The Morgan fingerprint density at radius 1 is 1.48 bits per heavy atom. The quantitative estimate of drug-likeness (QED) is 0.745. The third kappa shape index (κ3) is 4.74. The maximum atomic E-state index is 12.0. The van der Waals surface area contributed by atoms with Crippen molar-refractivity contribution in [2.45, 2.75) is 51.1 Å². The number of hydrogen-bond donors (Lipinski definition) is 3. The Kier molecular flexibility index (Phi) is 6.04. The van der Waals surface area contributed by atoms with Crippen molar-refractivity contribution in [3.05, 3.63) is 18.0 Å². The Morgan fingerprint density at radius 2 is 2.24 bits per heavy atom. The van der Waals surface area contributed by atoms with E-state index in [-0.39, 0.29) is 18.7 Å². The number of urea groups is 1. The molecule has 1 heterocycles. The fourth-order valence-electron chi connectivity index (χ4n) is 3.07. The van der Waals surface area contributed by atoms with E-state index in [0.29, 0.717) is 18.9 Å². The van der Waals surface area contributed by atoms with Crippen LogP contribution in [0.2, 0.25) is 0 Å². The molecule has 0 bridgehead atoms. The number of carbonyl (C=O) groups excluding carboxylic acids is 1. The van der Waals surface area contributed by atoms with E-state index in [1.165, 1.54) is 19.3 Å². The number of aromatic nitrogens is 2. The summed E-state index contributed by atoms with van der Waals surface area (Å²) in [5.74, 6) is 0.494. The van der Waals surface area contributed by atoms with Gasteiger partial charge in [0.2, 0.25) is 0 Å². The van der Waals surface area contributed by atoms with E-state index in [0.717, 1.165) is 18.5 Å². The highest BCUT2D eigenvalue weighted by atomic mass is 16.3. The summed E-state index contributed by atoms with van der Waals surface area (Å²) >= 11 is 0. The minimum absolute atomic E-state index is 0.0711. The van der Waals surface area contributed by atoms with Crippen molar-refractivity contribution >= 4 is 6.03 Å². The zero-order valence-electron chi connectivity index (χ0n) is 12.7. The molecule has 1 atom stereocenters. The van der Waals surface area contributed by atoms with E-state index < -0.39 is 0 Å². The Balaban J connectivity index is 1.81. The first-order chi connectivity index (χ1) is 10.2. The Bertz CT molecular complexity index is 441. The van der Waals surface area contributed by atoms with Gasteiger partial charge in [-0.3, -0.25) is 4.68 Å². The molecular formula is C15H26N4O2. The lowest BCUT2D eigenvalue weighted by Crippen LogP contribution is -2.46. The van der Waals surface area contributed by atoms with Gasteiger partial charge in [-0.15, -0.1) is 0 Å². The molecule has 0 saturated heterocycles. The first kappa shape index (κ1) is 15.8. The molecule has 0 aromatic carbocycles. The first-order valence-electron chi connectivity index (χ1n) is 7.83. The molecule has 1 fully saturated rings. The van der Waals surface area contributed by atoms with Crippen LogP contribution in [0.4, 0.5) is 4.79 Å². The fraction of sp³-hybridized carbons (Fsp3) is 0.733. The standard InChI is InChI=1S/C15H26N4O2/c1-19-13(7-9-17-19)11-16-15(21)18-14(8-10-20)12-5-3-2-4-6-12/h7,9,12,14,20H,2-6,8,10-11H2,1H3,(H2,16,18,21). The number of aryl methyl sites for hydroxylation is 1. The third-order valence-corrected chi connectivity index (χ3v) is 4.33. The summed E-state index contributed by atoms with van der Waals surface area (Å²) in [6, 6.07) is 1.79. The number of aliphatic hydroxyl groups excluding tert-OH is 1. The van der Waals surface area contributed by atoms with Gasteiger partial charge >= 0.3 is 6.03 Å². The van der Waals surface area contributed by atoms with Gasteiger partial charge in [-0.2, -0.15) is 5.10 Å². The first-order valence-corrected chi connectivity index (χ1v) is 7.83. The van der Waals surface area contributed by atoms with Crippen LogP contribution in [0.15, 0.2) is 12.3 Å². The van der Waals surface area contributed by atoms with Gasteiger partial charge in [0.05, 0.1) is 12.2 Å². The van der Waals surface area contributed by atoms with Crippen LogP contribution in [-0.2, 0) is 13.6 Å². The number of hydrogen-bond acceptors (Lipinski definition) is 3. The summed E-state index contributed by atoms with van der Waals surface area (Å²) in [6.07, 6.45) is 8.37. The molecule has 6 heteroatoms. The summed E-state index contributed by atoms with van der Waals surface area (Å²) in [5.41, 5.74) is 0.960. The molecule has 0 spiro atoms. The summed E-state index contributed by atoms with van der Waals surface area (Å²) in [7, 11) is 1.85. The number of aliphatic hydroxyl groups is 1. The van der Waals surface area contributed by atoms with Crippen molar-refractivity contribution in [1.82, 2.24) is 20.4 Å². The molecule has 1 saturated carbocycles. The highest BCUT2D eigenvalue weighted by Crippen LogP contribution is 2.27. The molecule has 0 aliphatic heterocycles. The molecule has 2 rings (SSSR count). The lowest BCUT2D eigenvalue weighted by Gasteiger charge is -2.30. The fourth-order valence-corrected chi connectivity index (χ4v) is 3.07. The monoisotopic (exact) mass is 294 g/mol. The molecule has 3 N–H and O–H groups in total. The van der Waals surface area contributed by atoms with Crippen molar-refractivity contribution in [1.29, 1.82) is 0 Å². The molecular weight excluding hydrogens is 268 g/mol. The van der Waals surface area contributed by atoms with E-state index in [1.54, 1.807) is 10.9 Å². The van der Waals surface area contributed by atoms with Crippen molar-refractivity contribution < 1.29 is 9.90 Å². The minimum atomic E-state index is -0.166. The summed E-state index contributed by atoms with van der Waals surface area (Å²) in [5, 5.41) is 19.2. The SMILES string of the molecule is Cn1nccc1CNC(=O)NC(CCO)C1CCCCC1. The Labute approximate surface area is 125 Å². The molecule has 0 radical (unpaired) electrons. The molecule has 21 heavy (non-hydrogen) atoms. The Hall–Kier alpha value is -1.56. The van der Waals surface area contributed by atoms with Gasteiger partial charge in [-0.05, 0) is 31.2 Å². The van der Waals surface area contributed by atoms with Crippen LogP contribution in [0.1, 0.15) is 44.2 Å². The van der Waals surface area contributed by atoms with E-state index in [9.17, 15) is 9.90 Å². The molecule has 1 aromatic heterocycles. The van der Waals surface area contributed by atoms with Crippen molar-refractivity contribution in [3.63, 3.8) is 0 Å². The molecule has 1 aliphatic rings. The maximum Gasteiger partial charge on any atom is 0.315 e. The van der Waals surface area contributed by atoms with Crippen LogP contribution >= 0.6 is 0 Å². The molecule has 1 unspecified atom stereocenters. The van der Waals surface area contributed by atoms with Crippen molar-refractivity contribution in [2.75, 3.05) is 6.61 Å². The normalized spacial score (nSPS) is 17.4. The second-order valence-corrected chi connectivity index (χ2v) is 5.79. The second kappa shape index (κ2) is 8.02. The number of nitrogens with zero attached hydrogens (tertiary/aromatic N) is 2. The van der Waals surface area contributed by atoms with Crippen LogP contribution in [0.3, 0.4) is 0 Å². The lowest BCUT2D eigenvalue weighted by atomic mass is 9.83. The van der Waals surface area contributed by atoms with E-state index in [2.05, 4.69) is 15.7 Å². The van der Waals surface area contributed by atoms with Gasteiger partial charge < -0.3 is 15.7 Å². The largest absolute Gasteiger partial charge is 0.396 e. The van der Waals surface area contributed by atoms with Crippen LogP contribution in [0, 0.1) is 5.92 Å². The van der Waals surface area contributed by atoms with Gasteiger partial charge in [-0.25, -0.2) is 4.79 Å². The predicted molar refractivity (Wildman–Crippen MR) is 80.6 cm³/mol. The van der Waals surface area contributed by atoms with E-state index >= 15 is 0 Å². The lowest BCUT2D eigenvalue weighted by molar-refractivity contribution is 0.196. The average Bonchev–Trinajstić information content (AvgIpc) is 2.91. The van der Waals surface area contributed by atoms with Crippen molar-refractivity contribution in [3.8, 4) is 0 Å². The maximum absolute atomic E-state index is 12.0. The van der Waals surface area contributed by atoms with Crippen LogP contribution in [0.25, 0.3) is 0 Å². The molecule has 6 nitrogen and oxygen atoms in total. The predicted octanol–water partition coefficient (Wildman–Crippen LogP) is 1.55. The van der Waals surface area contributed by atoms with Gasteiger partial charge in [-0.1, -0.05) is 19.3 Å². The van der Waals surface area contributed by atoms with Gasteiger partial charge in [0.15, 0.2) is 0 Å². The van der Waals surface area contributed by atoms with Crippen LogP contribution in [-0.4, -0.2) is 33.6 Å². The summed E-state index contributed by atoms with van der Waals surface area (Å²) in [4.78, 5) is 12.0. The number of amides is 2. The zero-order valence-corrected chi connectivity index (χ0v) is 12.7. The second-order valence-electron chi connectivity index (χ2n) is 5.79. The summed E-state index contributed by atoms with van der Waals surface area (Å²) < 4.78 is 1.74. The number of carbonyl (C=O) groups is 1. The average molecular weight is 294 g/mol. The van der Waals surface area contributed by atoms with Gasteiger partial charge in [0.25, 0.3) is 0 Å². The van der Waals surface area contributed by atoms with Crippen LogP contribution < -0.4 is 10.6 Å². The molecule has 2 amide bonds. The summed E-state index contributed by atoms with van der Waals surface area (Å²) in [6.45, 7) is 0.571. The molecule has 1 aromatic rings. The molecule has 118 valence electrons. The highest BCUT2D eigenvalue weighted by Gasteiger charge is 2.24. The number of rotatable bonds is 6. The Morgan fingerprint density at radius 3 is 2.86 bits per heavy atom. The zero-order chi connectivity index (χ0) is 15.1. The third-order valence-electron chi connectivity index (χ3n) is 4.33. The molecule has 1 aliphatic carbocycles. The topological polar surface area (TPSA) is 79.2 Å². The van der Waals surface area contributed by atoms with Gasteiger partial charge in [0.1, 0.15) is 0 Å². The minimum Gasteiger partial charge on any atom is -0.396 e. The van der Waals surface area contributed by atoms with E-state index in [4.69, 9.17) is 0 Å². The van der Waals surface area contributed by atoms with Gasteiger partial charge in [0, 0.05) is 25.9 Å². The van der Waals surface area contributed by atoms with E-state index in [1.807, 2.05) is 13.1 Å². The van der Waals surface area contributed by atoms with Crippen LogP contribution in [0.5, 0.6) is 0 Å². The van der Waals surface area contributed by atoms with Crippen molar-refractivity contribution in [2.24, 2.45) is 13.0 Å². The smallest absolute Gasteiger partial charge is 0.315 e.